The fourth-order valence-electron chi connectivity index (χ4n) is 2.10. The molecule has 98 valence electrons. The third kappa shape index (κ3) is 4.03. The van der Waals surface area contributed by atoms with Crippen LogP contribution in [0.2, 0.25) is 0 Å². The van der Waals surface area contributed by atoms with Gasteiger partial charge in [0, 0.05) is 6.54 Å². The highest BCUT2D eigenvalue weighted by Gasteiger charge is 2.46. The third-order valence-electron chi connectivity index (χ3n) is 3.06. The van der Waals surface area contributed by atoms with Crippen LogP contribution < -0.4 is 5.32 Å². The molecule has 1 amide bonds. The Balaban J connectivity index is 2.57. The summed E-state index contributed by atoms with van der Waals surface area (Å²) in [6.45, 7) is 3.07. The van der Waals surface area contributed by atoms with Crippen LogP contribution in [0.3, 0.4) is 0 Å². The minimum Gasteiger partial charge on any atom is -0.388 e. The molecule has 0 spiro atoms. The highest BCUT2D eigenvalue weighted by atomic mass is 19.4. The molecular weight excluding hydrogens is 235 g/mol. The zero-order chi connectivity index (χ0) is 13.1. The van der Waals surface area contributed by atoms with Crippen LogP contribution >= 0.6 is 0 Å². The maximum Gasteiger partial charge on any atom is 0.391 e. The minimum atomic E-state index is -4.28. The van der Waals surface area contributed by atoms with E-state index in [4.69, 9.17) is 0 Å². The number of amides is 1. The summed E-state index contributed by atoms with van der Waals surface area (Å²) in [4.78, 5) is 10.9. The molecule has 0 bridgehead atoms. The van der Waals surface area contributed by atoms with Crippen molar-refractivity contribution in [2.24, 2.45) is 5.92 Å². The standard InChI is InChI=1S/C11H16F3NO2/c1-2-9(16)15-7-10(17)5-3-4-8(6-10)11(12,13)14/h2,8,17H,1,3-7H2,(H,15,16)/t8-,10+/m0/s1. The summed E-state index contributed by atoms with van der Waals surface area (Å²) in [5.74, 6) is -1.98. The van der Waals surface area contributed by atoms with E-state index in [-0.39, 0.29) is 25.8 Å². The van der Waals surface area contributed by atoms with E-state index in [9.17, 15) is 23.1 Å². The Hall–Kier alpha value is -1.04. The van der Waals surface area contributed by atoms with Gasteiger partial charge in [-0.25, -0.2) is 0 Å². The zero-order valence-corrected chi connectivity index (χ0v) is 9.39. The number of alkyl halides is 3. The quantitative estimate of drug-likeness (QED) is 0.751. The molecule has 1 fully saturated rings. The van der Waals surface area contributed by atoms with Crippen molar-refractivity contribution in [3.63, 3.8) is 0 Å². The van der Waals surface area contributed by atoms with Gasteiger partial charge in [0.25, 0.3) is 0 Å². The van der Waals surface area contributed by atoms with Crippen LogP contribution in [0.25, 0.3) is 0 Å². The van der Waals surface area contributed by atoms with Crippen LogP contribution in [0.5, 0.6) is 0 Å². The molecule has 1 saturated carbocycles. The maximum atomic E-state index is 12.5. The first-order valence-corrected chi connectivity index (χ1v) is 5.46. The Bertz CT molecular complexity index is 304. The van der Waals surface area contributed by atoms with Crippen LogP contribution in [0.1, 0.15) is 25.7 Å². The maximum absolute atomic E-state index is 12.5. The third-order valence-corrected chi connectivity index (χ3v) is 3.06. The summed E-state index contributed by atoms with van der Waals surface area (Å²) in [6, 6.07) is 0. The summed E-state index contributed by atoms with van der Waals surface area (Å²) < 4.78 is 37.6. The van der Waals surface area contributed by atoms with Crippen molar-refractivity contribution in [1.82, 2.24) is 5.32 Å². The lowest BCUT2D eigenvalue weighted by Gasteiger charge is -2.37. The molecule has 1 aliphatic carbocycles. The van der Waals surface area contributed by atoms with E-state index in [0.717, 1.165) is 6.08 Å². The first-order valence-electron chi connectivity index (χ1n) is 5.46. The first-order chi connectivity index (χ1) is 7.77. The van der Waals surface area contributed by atoms with Crippen LogP contribution in [0.4, 0.5) is 13.2 Å². The molecule has 0 aromatic carbocycles. The van der Waals surface area contributed by atoms with Gasteiger partial charge in [-0.15, -0.1) is 0 Å². The summed E-state index contributed by atoms with van der Waals surface area (Å²) in [6.07, 6.45) is -2.99. The predicted octanol–water partition coefficient (Wildman–Crippen LogP) is 1.77. The molecule has 1 rings (SSSR count). The van der Waals surface area contributed by atoms with Gasteiger partial charge < -0.3 is 10.4 Å². The normalized spacial score (nSPS) is 29.8. The van der Waals surface area contributed by atoms with Crippen LogP contribution in [-0.4, -0.2) is 29.3 Å². The molecule has 0 aliphatic heterocycles. The van der Waals surface area contributed by atoms with Crippen molar-refractivity contribution in [2.45, 2.75) is 37.5 Å². The molecule has 0 heterocycles. The highest BCUT2D eigenvalue weighted by Crippen LogP contribution is 2.41. The molecule has 17 heavy (non-hydrogen) atoms. The Morgan fingerprint density at radius 2 is 2.24 bits per heavy atom. The number of hydrogen-bond donors (Lipinski definition) is 2. The molecule has 0 radical (unpaired) electrons. The summed E-state index contributed by atoms with van der Waals surface area (Å²) in [5.41, 5.74) is -1.46. The monoisotopic (exact) mass is 251 g/mol. The van der Waals surface area contributed by atoms with Crippen molar-refractivity contribution in [3.8, 4) is 0 Å². The Labute approximate surface area is 97.7 Å². The SMILES string of the molecule is C=CC(=O)NC[C@@]1(O)CCC[C@H](C(F)(F)F)C1. The summed E-state index contributed by atoms with van der Waals surface area (Å²) >= 11 is 0. The second kappa shape index (κ2) is 5.08. The first kappa shape index (κ1) is 14.0. The lowest BCUT2D eigenvalue weighted by Crippen LogP contribution is -2.48. The molecule has 0 unspecified atom stereocenters. The molecular formula is C11H16F3NO2. The van der Waals surface area contributed by atoms with E-state index in [2.05, 4.69) is 11.9 Å². The van der Waals surface area contributed by atoms with E-state index >= 15 is 0 Å². The zero-order valence-electron chi connectivity index (χ0n) is 9.39. The molecule has 6 heteroatoms. The van der Waals surface area contributed by atoms with Gasteiger partial charge in [-0.05, 0) is 31.8 Å². The number of nitrogens with one attached hydrogen (secondary N) is 1. The van der Waals surface area contributed by atoms with Crippen LogP contribution in [-0.2, 0) is 4.79 Å². The van der Waals surface area contributed by atoms with Crippen molar-refractivity contribution in [1.29, 1.82) is 0 Å². The number of halogens is 3. The highest BCUT2D eigenvalue weighted by molar-refractivity contribution is 5.86. The molecule has 0 saturated heterocycles. The van der Waals surface area contributed by atoms with E-state index in [1.54, 1.807) is 0 Å². The van der Waals surface area contributed by atoms with E-state index < -0.39 is 23.6 Å². The lowest BCUT2D eigenvalue weighted by molar-refractivity contribution is -0.199. The molecule has 0 aromatic heterocycles. The number of carbonyl (C=O) groups excluding carboxylic acids is 1. The number of aliphatic hydroxyl groups is 1. The lowest BCUT2D eigenvalue weighted by atomic mass is 9.77. The van der Waals surface area contributed by atoms with Gasteiger partial charge in [0.1, 0.15) is 0 Å². The number of hydrogen-bond acceptors (Lipinski definition) is 2. The van der Waals surface area contributed by atoms with E-state index in [1.807, 2.05) is 0 Å². The topological polar surface area (TPSA) is 49.3 Å². The van der Waals surface area contributed by atoms with Crippen LogP contribution in [0, 0.1) is 5.92 Å². The van der Waals surface area contributed by atoms with Crippen molar-refractivity contribution >= 4 is 5.91 Å². The van der Waals surface area contributed by atoms with Gasteiger partial charge in [0.15, 0.2) is 0 Å². The van der Waals surface area contributed by atoms with E-state index in [1.165, 1.54) is 0 Å². The van der Waals surface area contributed by atoms with Crippen molar-refractivity contribution < 1.29 is 23.1 Å². The largest absolute Gasteiger partial charge is 0.391 e. The van der Waals surface area contributed by atoms with Gasteiger partial charge in [0.05, 0.1) is 11.5 Å². The van der Waals surface area contributed by atoms with Crippen LogP contribution in [0.15, 0.2) is 12.7 Å². The molecule has 2 atom stereocenters. The summed E-state index contributed by atoms with van der Waals surface area (Å²) in [5, 5.41) is 12.3. The summed E-state index contributed by atoms with van der Waals surface area (Å²) in [7, 11) is 0. The predicted molar refractivity (Wildman–Crippen MR) is 56.2 cm³/mol. The van der Waals surface area contributed by atoms with Crippen molar-refractivity contribution in [3.05, 3.63) is 12.7 Å². The Morgan fingerprint density at radius 1 is 1.59 bits per heavy atom. The van der Waals surface area contributed by atoms with Gasteiger partial charge >= 0.3 is 6.18 Å². The fourth-order valence-corrected chi connectivity index (χ4v) is 2.10. The minimum absolute atomic E-state index is 0.0429. The Morgan fingerprint density at radius 3 is 2.76 bits per heavy atom. The fraction of sp³-hybridized carbons (Fsp3) is 0.727. The van der Waals surface area contributed by atoms with Gasteiger partial charge in [-0.1, -0.05) is 6.58 Å². The molecule has 3 nitrogen and oxygen atoms in total. The average Bonchev–Trinajstić information content (AvgIpc) is 2.25. The number of rotatable bonds is 3. The molecule has 1 aliphatic rings. The average molecular weight is 251 g/mol. The molecule has 0 aromatic rings. The smallest absolute Gasteiger partial charge is 0.388 e. The van der Waals surface area contributed by atoms with E-state index in [0.29, 0.717) is 6.42 Å². The number of carbonyl (C=O) groups is 1. The second-order valence-electron chi connectivity index (χ2n) is 4.48. The molecule has 2 N–H and O–H groups in total. The van der Waals surface area contributed by atoms with Gasteiger partial charge in [0.2, 0.25) is 5.91 Å². The second-order valence-corrected chi connectivity index (χ2v) is 4.48. The van der Waals surface area contributed by atoms with Gasteiger partial charge in [-0.3, -0.25) is 4.79 Å². The Kier molecular flexibility index (Phi) is 4.19. The van der Waals surface area contributed by atoms with Crippen molar-refractivity contribution in [2.75, 3.05) is 6.54 Å². The van der Waals surface area contributed by atoms with Gasteiger partial charge in [-0.2, -0.15) is 13.2 Å².